The smallest absolute Gasteiger partial charge is 0.475 e. The molecule has 4 rings (SSSR count). The first-order valence-electron chi connectivity index (χ1n) is 9.83. The molecular formula is C18H24F3N9O4. The summed E-state index contributed by atoms with van der Waals surface area (Å²) in [6.07, 6.45) is 0.0478. The van der Waals surface area contributed by atoms with Crippen LogP contribution in [0.15, 0.2) is 22.0 Å². The second-order valence-corrected chi connectivity index (χ2v) is 7.23. The molecule has 4 heterocycles. The molecule has 0 atom stereocenters. The number of aromatic amines is 1. The minimum Gasteiger partial charge on any atom is -0.475 e. The van der Waals surface area contributed by atoms with Crippen molar-refractivity contribution in [2.24, 2.45) is 14.1 Å². The molecule has 0 amide bonds. The van der Waals surface area contributed by atoms with E-state index in [0.29, 0.717) is 11.4 Å². The number of aryl methyl sites for hydroxylation is 2. The molecule has 186 valence electrons. The third kappa shape index (κ3) is 6.53. The van der Waals surface area contributed by atoms with Crippen molar-refractivity contribution in [2.75, 3.05) is 24.6 Å². The molecule has 0 bridgehead atoms. The fourth-order valence-electron chi connectivity index (χ4n) is 2.87. The summed E-state index contributed by atoms with van der Waals surface area (Å²) in [5, 5.41) is 18.1. The molecule has 3 aromatic heterocycles. The van der Waals surface area contributed by atoms with Crippen molar-refractivity contribution in [2.45, 2.75) is 24.9 Å². The van der Waals surface area contributed by atoms with E-state index < -0.39 is 12.1 Å². The summed E-state index contributed by atoms with van der Waals surface area (Å²) in [7, 11) is 3.15. The van der Waals surface area contributed by atoms with Crippen LogP contribution in [-0.4, -0.2) is 59.9 Å². The summed E-state index contributed by atoms with van der Waals surface area (Å²) < 4.78 is 34.2. The summed E-state index contributed by atoms with van der Waals surface area (Å²) in [6, 6.07) is 0. The van der Waals surface area contributed by atoms with Crippen LogP contribution in [0.4, 0.5) is 24.5 Å². The first kappa shape index (κ1) is 26.3. The van der Waals surface area contributed by atoms with Gasteiger partial charge in [-0.2, -0.15) is 23.4 Å². The zero-order valence-electron chi connectivity index (χ0n) is 18.3. The highest BCUT2D eigenvalue weighted by molar-refractivity contribution is 5.73. The number of hydrogen-bond donors (Lipinski definition) is 5. The van der Waals surface area contributed by atoms with Gasteiger partial charge in [0.1, 0.15) is 11.5 Å². The summed E-state index contributed by atoms with van der Waals surface area (Å²) in [5.41, 5.74) is 11.6. The van der Waals surface area contributed by atoms with Crippen LogP contribution in [0.5, 0.6) is 0 Å². The third-order valence-corrected chi connectivity index (χ3v) is 4.78. The van der Waals surface area contributed by atoms with Gasteiger partial charge in [0, 0.05) is 20.0 Å². The molecule has 0 aromatic carbocycles. The third-order valence-electron chi connectivity index (χ3n) is 4.78. The van der Waals surface area contributed by atoms with E-state index in [9.17, 15) is 22.8 Å². The molecule has 1 saturated heterocycles. The van der Waals surface area contributed by atoms with Crippen molar-refractivity contribution in [1.29, 1.82) is 0 Å². The van der Waals surface area contributed by atoms with Crippen molar-refractivity contribution < 1.29 is 23.1 Å². The minimum absolute atomic E-state index is 0.0532. The lowest BCUT2D eigenvalue weighted by atomic mass is 9.98. The van der Waals surface area contributed by atoms with Crippen molar-refractivity contribution in [3.63, 3.8) is 0 Å². The lowest BCUT2D eigenvalue weighted by Crippen LogP contribution is -2.27. The maximum atomic E-state index is 11.8. The lowest BCUT2D eigenvalue weighted by molar-refractivity contribution is -0.192. The standard InChI is InChI=1S/C11H15N5O.C5H8N4O.C2HF3O2/c1-16-11(17)9-8(6-13-16)14-10(15-9)7-2-4-12-5-3-7;1-9-5(10)4(7)3(6)2-8-9;3-2(4,5)1(6)7/h6-7,12H,2-5H2,1H3,(H,14,15);2H,6-7H2,1H3;(H,6,7). The van der Waals surface area contributed by atoms with Gasteiger partial charge in [-0.15, -0.1) is 0 Å². The van der Waals surface area contributed by atoms with Crippen molar-refractivity contribution >= 4 is 28.4 Å². The number of hydrogen-bond acceptors (Lipinski definition) is 9. The minimum atomic E-state index is -5.08. The van der Waals surface area contributed by atoms with Crippen LogP contribution in [0.3, 0.4) is 0 Å². The Balaban J connectivity index is 0.000000205. The number of aromatic nitrogens is 6. The average Bonchev–Trinajstić information content (AvgIpc) is 3.24. The van der Waals surface area contributed by atoms with E-state index >= 15 is 0 Å². The topological polar surface area (TPSA) is 200 Å². The Labute approximate surface area is 189 Å². The number of carboxylic acid groups (broad SMARTS) is 1. The zero-order chi connectivity index (χ0) is 25.6. The van der Waals surface area contributed by atoms with Gasteiger partial charge in [-0.25, -0.2) is 19.1 Å². The average molecular weight is 487 g/mol. The molecule has 3 aromatic rings. The van der Waals surface area contributed by atoms with E-state index in [4.69, 9.17) is 21.4 Å². The molecule has 0 radical (unpaired) electrons. The van der Waals surface area contributed by atoms with Crippen LogP contribution in [0.2, 0.25) is 0 Å². The molecule has 1 aliphatic rings. The van der Waals surface area contributed by atoms with E-state index in [1.807, 2.05) is 0 Å². The second-order valence-electron chi connectivity index (χ2n) is 7.23. The Hall–Kier alpha value is -3.95. The van der Waals surface area contributed by atoms with Crippen molar-refractivity contribution in [3.05, 3.63) is 38.9 Å². The molecule has 16 heteroatoms. The van der Waals surface area contributed by atoms with Gasteiger partial charge in [0.2, 0.25) is 0 Å². The van der Waals surface area contributed by atoms with E-state index in [1.54, 1.807) is 13.2 Å². The van der Waals surface area contributed by atoms with Gasteiger partial charge in [-0.3, -0.25) is 9.59 Å². The summed E-state index contributed by atoms with van der Waals surface area (Å²) >= 11 is 0. The van der Waals surface area contributed by atoms with Gasteiger partial charge in [0.25, 0.3) is 11.1 Å². The highest BCUT2D eigenvalue weighted by Gasteiger charge is 2.38. The van der Waals surface area contributed by atoms with Gasteiger partial charge in [0.15, 0.2) is 5.52 Å². The molecule has 1 aliphatic heterocycles. The lowest BCUT2D eigenvalue weighted by Gasteiger charge is -2.20. The number of nitrogen functional groups attached to an aromatic ring is 2. The van der Waals surface area contributed by atoms with Gasteiger partial charge in [0.05, 0.1) is 23.6 Å². The van der Waals surface area contributed by atoms with Crippen LogP contribution >= 0.6 is 0 Å². The fourth-order valence-corrected chi connectivity index (χ4v) is 2.87. The van der Waals surface area contributed by atoms with Crippen LogP contribution in [0.1, 0.15) is 24.6 Å². The summed E-state index contributed by atoms with van der Waals surface area (Å²) in [6.45, 7) is 2.02. The Morgan fingerprint density at radius 3 is 2.15 bits per heavy atom. The molecule has 0 spiro atoms. The molecule has 0 aliphatic carbocycles. The SMILES string of the molecule is Cn1ncc(N)c(N)c1=O.Cn1ncc2[nH]c(C3CCNCC3)nc2c1=O.O=C(O)C(F)(F)F. The number of rotatable bonds is 1. The largest absolute Gasteiger partial charge is 0.490 e. The van der Waals surface area contributed by atoms with E-state index in [1.165, 1.54) is 17.9 Å². The van der Waals surface area contributed by atoms with E-state index in [0.717, 1.165) is 42.0 Å². The van der Waals surface area contributed by atoms with Crippen molar-refractivity contribution in [3.8, 4) is 0 Å². The van der Waals surface area contributed by atoms with E-state index in [2.05, 4.69) is 25.5 Å². The number of carboxylic acids is 1. The number of H-pyrrole nitrogens is 1. The zero-order valence-corrected chi connectivity index (χ0v) is 18.3. The van der Waals surface area contributed by atoms with Gasteiger partial charge < -0.3 is 26.9 Å². The number of fused-ring (bicyclic) bond motifs is 1. The Morgan fingerprint density at radius 2 is 1.62 bits per heavy atom. The number of imidazole rings is 1. The Kier molecular flexibility index (Phi) is 8.34. The number of halogens is 3. The molecule has 34 heavy (non-hydrogen) atoms. The molecule has 0 saturated carbocycles. The van der Waals surface area contributed by atoms with Crippen LogP contribution < -0.4 is 27.9 Å². The molecule has 0 unspecified atom stereocenters. The number of nitrogens with zero attached hydrogens (tertiary/aromatic N) is 5. The van der Waals surface area contributed by atoms with Crippen LogP contribution in [-0.2, 0) is 18.9 Å². The predicted octanol–water partition coefficient (Wildman–Crippen LogP) is -0.298. The number of piperidine rings is 1. The molecular weight excluding hydrogens is 463 g/mol. The highest BCUT2D eigenvalue weighted by Crippen LogP contribution is 2.23. The molecule has 7 N–H and O–H groups in total. The summed E-state index contributed by atoms with van der Waals surface area (Å²) in [4.78, 5) is 39.3. The monoisotopic (exact) mass is 487 g/mol. The van der Waals surface area contributed by atoms with Crippen LogP contribution in [0, 0.1) is 0 Å². The normalized spacial score (nSPS) is 14.0. The molecule has 13 nitrogen and oxygen atoms in total. The van der Waals surface area contributed by atoms with E-state index in [-0.39, 0.29) is 22.5 Å². The quantitative estimate of drug-likeness (QED) is 0.303. The Morgan fingerprint density at radius 1 is 1.09 bits per heavy atom. The van der Waals surface area contributed by atoms with Gasteiger partial charge >= 0.3 is 12.1 Å². The number of nitrogens with two attached hydrogens (primary N) is 2. The first-order chi connectivity index (χ1) is 15.8. The maximum absolute atomic E-state index is 11.8. The number of aliphatic carboxylic acids is 1. The van der Waals surface area contributed by atoms with Gasteiger partial charge in [-0.05, 0) is 25.9 Å². The number of carbonyl (C=O) groups is 1. The molecule has 1 fully saturated rings. The van der Waals surface area contributed by atoms with Crippen molar-refractivity contribution in [1.82, 2.24) is 34.8 Å². The first-order valence-corrected chi connectivity index (χ1v) is 9.83. The number of alkyl halides is 3. The number of nitrogens with one attached hydrogen (secondary N) is 2. The number of anilines is 2. The second kappa shape index (κ2) is 10.8. The highest BCUT2D eigenvalue weighted by atomic mass is 19.4. The Bertz CT molecular complexity index is 1260. The fraction of sp³-hybridized carbons (Fsp3) is 0.444. The summed E-state index contributed by atoms with van der Waals surface area (Å²) in [5.74, 6) is -1.41. The maximum Gasteiger partial charge on any atom is 0.490 e. The van der Waals surface area contributed by atoms with Gasteiger partial charge in [-0.1, -0.05) is 0 Å². The predicted molar refractivity (Wildman–Crippen MR) is 116 cm³/mol. The van der Waals surface area contributed by atoms with Crippen LogP contribution in [0.25, 0.3) is 11.0 Å².